The topological polar surface area (TPSA) is 45.0 Å². The predicted octanol–water partition coefficient (Wildman–Crippen LogP) is 2.26. The van der Waals surface area contributed by atoms with Gasteiger partial charge in [0.15, 0.2) is 0 Å². The second-order valence-electron chi connectivity index (χ2n) is 3.33. The van der Waals surface area contributed by atoms with Crippen molar-refractivity contribution in [2.75, 3.05) is 13.7 Å². The van der Waals surface area contributed by atoms with Gasteiger partial charge >= 0.3 is 0 Å². The number of rotatable bonds is 5. The molecule has 1 N–H and O–H groups in total. The summed E-state index contributed by atoms with van der Waals surface area (Å²) in [5.41, 5.74) is 1.12. The van der Waals surface area contributed by atoms with E-state index in [4.69, 9.17) is 10.00 Å². The van der Waals surface area contributed by atoms with Gasteiger partial charge in [0.25, 0.3) is 0 Å². The first-order valence-electron chi connectivity index (χ1n) is 5.03. The minimum Gasteiger partial charge on any atom is -0.496 e. The maximum Gasteiger partial charge on any atom is 0.123 e. The number of hydrogen-bond acceptors (Lipinski definition) is 3. The molecular weight excluding hydrogens is 188 g/mol. The van der Waals surface area contributed by atoms with E-state index in [1.54, 1.807) is 7.11 Å². The maximum absolute atomic E-state index is 8.44. The molecule has 3 heteroatoms. The summed E-state index contributed by atoms with van der Waals surface area (Å²) in [6, 6.07) is 10.2. The molecule has 0 aromatic heterocycles. The van der Waals surface area contributed by atoms with Crippen LogP contribution in [0, 0.1) is 11.3 Å². The quantitative estimate of drug-likeness (QED) is 0.748. The van der Waals surface area contributed by atoms with E-state index in [1.165, 1.54) is 0 Å². The van der Waals surface area contributed by atoms with E-state index >= 15 is 0 Å². The van der Waals surface area contributed by atoms with Crippen molar-refractivity contribution in [1.29, 1.82) is 5.26 Å². The van der Waals surface area contributed by atoms with Crippen LogP contribution in [-0.2, 0) is 0 Å². The molecule has 0 unspecified atom stereocenters. The number of methoxy groups -OCH3 is 1. The predicted molar refractivity (Wildman–Crippen MR) is 59.6 cm³/mol. The van der Waals surface area contributed by atoms with Gasteiger partial charge in [0.2, 0.25) is 0 Å². The van der Waals surface area contributed by atoms with Crippen molar-refractivity contribution < 1.29 is 4.74 Å². The zero-order valence-electron chi connectivity index (χ0n) is 9.16. The smallest absolute Gasteiger partial charge is 0.123 e. The van der Waals surface area contributed by atoms with Crippen molar-refractivity contribution in [3.8, 4) is 11.8 Å². The lowest BCUT2D eigenvalue weighted by atomic mass is 10.1. The molecule has 0 bridgehead atoms. The van der Waals surface area contributed by atoms with Crippen LogP contribution < -0.4 is 10.1 Å². The molecule has 0 amide bonds. The third-order valence-corrected chi connectivity index (χ3v) is 2.29. The van der Waals surface area contributed by atoms with E-state index in [0.29, 0.717) is 13.0 Å². The Labute approximate surface area is 90.7 Å². The molecule has 0 saturated heterocycles. The minimum atomic E-state index is 0.203. The normalized spacial score (nSPS) is 11.8. The summed E-state index contributed by atoms with van der Waals surface area (Å²) in [5, 5.41) is 11.7. The van der Waals surface area contributed by atoms with Gasteiger partial charge in [-0.05, 0) is 13.0 Å². The van der Waals surface area contributed by atoms with Crippen molar-refractivity contribution >= 4 is 0 Å². The summed E-state index contributed by atoms with van der Waals surface area (Å²) in [4.78, 5) is 0. The lowest BCUT2D eigenvalue weighted by Gasteiger charge is -2.16. The molecule has 0 fully saturated rings. The zero-order valence-corrected chi connectivity index (χ0v) is 9.16. The Morgan fingerprint density at radius 3 is 2.87 bits per heavy atom. The van der Waals surface area contributed by atoms with Crippen LogP contribution in [-0.4, -0.2) is 13.7 Å². The number of ether oxygens (including phenoxy) is 1. The Balaban J connectivity index is 2.64. The fourth-order valence-electron chi connectivity index (χ4n) is 1.48. The molecule has 1 aromatic carbocycles. The summed E-state index contributed by atoms with van der Waals surface area (Å²) >= 11 is 0. The lowest BCUT2D eigenvalue weighted by molar-refractivity contribution is 0.402. The Morgan fingerprint density at radius 2 is 2.20 bits per heavy atom. The number of nitrogens with zero attached hydrogens (tertiary/aromatic N) is 1. The van der Waals surface area contributed by atoms with E-state index in [2.05, 4.69) is 18.3 Å². The number of hydrogen-bond donors (Lipinski definition) is 1. The van der Waals surface area contributed by atoms with Gasteiger partial charge in [-0.3, -0.25) is 0 Å². The Kier molecular flexibility index (Phi) is 4.65. The number of nitrogens with one attached hydrogen (secondary N) is 1. The molecule has 0 spiro atoms. The van der Waals surface area contributed by atoms with Crippen molar-refractivity contribution in [3.63, 3.8) is 0 Å². The van der Waals surface area contributed by atoms with E-state index in [0.717, 1.165) is 11.3 Å². The third kappa shape index (κ3) is 3.26. The van der Waals surface area contributed by atoms with Gasteiger partial charge in [-0.15, -0.1) is 0 Å². The second kappa shape index (κ2) is 6.05. The molecule has 0 saturated carbocycles. The highest BCUT2D eigenvalue weighted by Crippen LogP contribution is 2.23. The summed E-state index contributed by atoms with van der Waals surface area (Å²) in [6.07, 6.45) is 0.527. The highest BCUT2D eigenvalue weighted by molar-refractivity contribution is 5.35. The first-order valence-corrected chi connectivity index (χ1v) is 5.03. The number of para-hydroxylation sites is 1. The fourth-order valence-corrected chi connectivity index (χ4v) is 1.48. The van der Waals surface area contributed by atoms with E-state index in [9.17, 15) is 0 Å². The maximum atomic E-state index is 8.44. The molecule has 1 aromatic rings. The highest BCUT2D eigenvalue weighted by atomic mass is 16.5. The molecule has 0 aliphatic carbocycles. The summed E-state index contributed by atoms with van der Waals surface area (Å²) < 4.78 is 5.27. The molecular formula is C12H16N2O. The second-order valence-corrected chi connectivity index (χ2v) is 3.33. The standard InChI is InChI=1S/C12H16N2O/c1-10(14-9-5-8-13)11-6-3-4-7-12(11)15-2/h3-4,6-7,10,14H,5,9H2,1-2H3/t10-/m0/s1. The van der Waals surface area contributed by atoms with Crippen LogP contribution in [0.25, 0.3) is 0 Å². The Morgan fingerprint density at radius 1 is 1.47 bits per heavy atom. The fraction of sp³-hybridized carbons (Fsp3) is 0.417. The molecule has 80 valence electrons. The van der Waals surface area contributed by atoms with Gasteiger partial charge in [0.05, 0.1) is 13.2 Å². The molecule has 0 aliphatic heterocycles. The number of benzene rings is 1. The van der Waals surface area contributed by atoms with Gasteiger partial charge in [0.1, 0.15) is 5.75 Å². The van der Waals surface area contributed by atoms with Gasteiger partial charge in [-0.2, -0.15) is 5.26 Å². The summed E-state index contributed by atoms with van der Waals surface area (Å²) in [6.45, 7) is 2.77. The van der Waals surface area contributed by atoms with Crippen LogP contribution in [0.5, 0.6) is 5.75 Å². The van der Waals surface area contributed by atoms with Crippen LogP contribution in [0.4, 0.5) is 0 Å². The van der Waals surface area contributed by atoms with Crippen molar-refractivity contribution in [3.05, 3.63) is 29.8 Å². The molecule has 0 heterocycles. The molecule has 15 heavy (non-hydrogen) atoms. The third-order valence-electron chi connectivity index (χ3n) is 2.29. The highest BCUT2D eigenvalue weighted by Gasteiger charge is 2.09. The van der Waals surface area contributed by atoms with Gasteiger partial charge in [0, 0.05) is 24.6 Å². The largest absolute Gasteiger partial charge is 0.496 e. The van der Waals surface area contributed by atoms with E-state index in [1.807, 2.05) is 24.3 Å². The van der Waals surface area contributed by atoms with Crippen molar-refractivity contribution in [2.45, 2.75) is 19.4 Å². The minimum absolute atomic E-state index is 0.203. The van der Waals surface area contributed by atoms with Crippen LogP contribution in [0.3, 0.4) is 0 Å². The first-order chi connectivity index (χ1) is 7.29. The molecule has 1 atom stereocenters. The average Bonchev–Trinajstić information content (AvgIpc) is 2.29. The average molecular weight is 204 g/mol. The summed E-state index contributed by atoms with van der Waals surface area (Å²) in [7, 11) is 1.67. The van der Waals surface area contributed by atoms with Crippen LogP contribution in [0.1, 0.15) is 24.9 Å². The van der Waals surface area contributed by atoms with Crippen LogP contribution >= 0.6 is 0 Å². The molecule has 1 rings (SSSR count). The van der Waals surface area contributed by atoms with E-state index < -0.39 is 0 Å². The Hall–Kier alpha value is -1.53. The van der Waals surface area contributed by atoms with Gasteiger partial charge in [-0.25, -0.2) is 0 Å². The Bertz CT molecular complexity index is 344. The zero-order chi connectivity index (χ0) is 11.1. The molecule has 0 aliphatic rings. The summed E-state index contributed by atoms with van der Waals surface area (Å²) in [5.74, 6) is 0.884. The van der Waals surface area contributed by atoms with Crippen LogP contribution in [0.2, 0.25) is 0 Å². The first kappa shape index (κ1) is 11.5. The SMILES string of the molecule is COc1ccccc1[C@H](C)NCCC#N. The van der Waals surface area contributed by atoms with Crippen LogP contribution in [0.15, 0.2) is 24.3 Å². The van der Waals surface area contributed by atoms with E-state index in [-0.39, 0.29) is 6.04 Å². The van der Waals surface area contributed by atoms with Crippen molar-refractivity contribution in [2.24, 2.45) is 0 Å². The molecule has 3 nitrogen and oxygen atoms in total. The molecule has 0 radical (unpaired) electrons. The number of nitriles is 1. The van der Waals surface area contributed by atoms with Gasteiger partial charge in [-0.1, -0.05) is 18.2 Å². The van der Waals surface area contributed by atoms with Gasteiger partial charge < -0.3 is 10.1 Å². The van der Waals surface area contributed by atoms with Crippen molar-refractivity contribution in [1.82, 2.24) is 5.32 Å². The lowest BCUT2D eigenvalue weighted by Crippen LogP contribution is -2.20. The monoisotopic (exact) mass is 204 g/mol.